The molecule has 0 N–H and O–H groups in total. The third-order valence-electron chi connectivity index (χ3n) is 4.75. The van der Waals surface area contributed by atoms with E-state index in [4.69, 9.17) is 4.74 Å². The van der Waals surface area contributed by atoms with Gasteiger partial charge in [-0.1, -0.05) is 30.7 Å². The lowest BCUT2D eigenvalue weighted by atomic mass is 9.97. The summed E-state index contributed by atoms with van der Waals surface area (Å²) in [5, 5.41) is 0. The molecule has 3 rings (SSSR count). The van der Waals surface area contributed by atoms with Gasteiger partial charge in [-0.2, -0.15) is 0 Å². The molecule has 1 atom stereocenters. The maximum atomic E-state index is 12.9. The SMILES string of the molecule is CN1CCCCC1c1ccc(N(C(=O)OC(C)(C)C)c2ccccc2)nc1. The number of piperidine rings is 1. The van der Waals surface area contributed by atoms with Crippen LogP contribution in [0.1, 0.15) is 51.6 Å². The first-order valence-corrected chi connectivity index (χ1v) is 9.59. The van der Waals surface area contributed by atoms with Gasteiger partial charge in [0.1, 0.15) is 11.4 Å². The average molecular weight is 367 g/mol. The molecule has 2 aromatic rings. The average Bonchev–Trinajstić information content (AvgIpc) is 2.62. The van der Waals surface area contributed by atoms with Crippen LogP contribution >= 0.6 is 0 Å². The third kappa shape index (κ3) is 4.86. The van der Waals surface area contributed by atoms with E-state index in [1.165, 1.54) is 23.3 Å². The van der Waals surface area contributed by atoms with Crippen molar-refractivity contribution in [2.24, 2.45) is 0 Å². The van der Waals surface area contributed by atoms with Crippen molar-refractivity contribution >= 4 is 17.6 Å². The second-order valence-corrected chi connectivity index (χ2v) is 8.09. The fraction of sp³-hybridized carbons (Fsp3) is 0.455. The normalized spacial score (nSPS) is 18.1. The summed E-state index contributed by atoms with van der Waals surface area (Å²) in [6.07, 6.45) is 5.10. The monoisotopic (exact) mass is 367 g/mol. The minimum Gasteiger partial charge on any atom is -0.443 e. The number of para-hydroxylation sites is 1. The standard InChI is InChI=1S/C22H29N3O2/c1-22(2,3)27-21(26)25(18-10-6-5-7-11-18)20-14-13-17(16-23-20)19-12-8-9-15-24(19)4/h5-7,10-11,13-14,16,19H,8-9,12,15H2,1-4H3. The molecule has 1 aliphatic rings. The zero-order chi connectivity index (χ0) is 19.4. The highest BCUT2D eigenvalue weighted by Gasteiger charge is 2.26. The van der Waals surface area contributed by atoms with E-state index in [0.29, 0.717) is 11.9 Å². The molecule has 0 saturated carbocycles. The molecule has 0 aliphatic carbocycles. The van der Waals surface area contributed by atoms with Crippen molar-refractivity contribution in [2.45, 2.75) is 51.7 Å². The Hall–Kier alpha value is -2.40. The van der Waals surface area contributed by atoms with E-state index >= 15 is 0 Å². The van der Waals surface area contributed by atoms with E-state index in [2.05, 4.69) is 23.0 Å². The van der Waals surface area contributed by atoms with Crippen LogP contribution in [0.5, 0.6) is 0 Å². The van der Waals surface area contributed by atoms with Gasteiger partial charge in [-0.15, -0.1) is 0 Å². The van der Waals surface area contributed by atoms with Gasteiger partial charge in [0.25, 0.3) is 0 Å². The number of carbonyl (C=O) groups excluding carboxylic acids is 1. The van der Waals surface area contributed by atoms with Crippen LogP contribution in [0.2, 0.25) is 0 Å². The Bertz CT molecular complexity index is 753. The zero-order valence-electron chi connectivity index (χ0n) is 16.7. The van der Waals surface area contributed by atoms with Crippen molar-refractivity contribution in [1.29, 1.82) is 0 Å². The van der Waals surface area contributed by atoms with E-state index in [1.54, 1.807) is 0 Å². The highest BCUT2D eigenvalue weighted by molar-refractivity contribution is 5.95. The number of likely N-dealkylation sites (tertiary alicyclic amines) is 1. The summed E-state index contributed by atoms with van der Waals surface area (Å²) in [6.45, 7) is 6.71. The number of rotatable bonds is 3. The highest BCUT2D eigenvalue weighted by Crippen LogP contribution is 2.31. The molecule has 0 bridgehead atoms. The highest BCUT2D eigenvalue weighted by atomic mass is 16.6. The molecule has 0 radical (unpaired) electrons. The fourth-order valence-corrected chi connectivity index (χ4v) is 3.44. The topological polar surface area (TPSA) is 45.7 Å². The summed E-state index contributed by atoms with van der Waals surface area (Å²) in [6, 6.07) is 13.9. The molecule has 1 amide bonds. The molecular weight excluding hydrogens is 338 g/mol. The number of amides is 1. The Balaban J connectivity index is 1.89. The van der Waals surface area contributed by atoms with Gasteiger partial charge in [-0.05, 0) is 71.0 Å². The number of carbonyl (C=O) groups is 1. The van der Waals surface area contributed by atoms with E-state index in [1.807, 2.05) is 63.4 Å². The smallest absolute Gasteiger partial charge is 0.420 e. The molecule has 1 saturated heterocycles. The van der Waals surface area contributed by atoms with Crippen molar-refractivity contribution in [3.05, 3.63) is 54.2 Å². The molecular formula is C22H29N3O2. The molecule has 1 aromatic heterocycles. The lowest BCUT2D eigenvalue weighted by Crippen LogP contribution is -2.34. The van der Waals surface area contributed by atoms with Crippen molar-refractivity contribution in [2.75, 3.05) is 18.5 Å². The Kier molecular flexibility index (Phi) is 5.80. The number of ether oxygens (including phenoxy) is 1. The van der Waals surface area contributed by atoms with Crippen molar-refractivity contribution in [3.63, 3.8) is 0 Å². The van der Waals surface area contributed by atoms with Gasteiger partial charge >= 0.3 is 6.09 Å². The molecule has 0 spiro atoms. The number of benzene rings is 1. The molecule has 1 aliphatic heterocycles. The summed E-state index contributed by atoms with van der Waals surface area (Å²) in [5.41, 5.74) is 1.36. The van der Waals surface area contributed by atoms with E-state index in [0.717, 1.165) is 18.7 Å². The second kappa shape index (κ2) is 8.09. The minimum atomic E-state index is -0.575. The van der Waals surface area contributed by atoms with E-state index in [9.17, 15) is 4.79 Å². The number of hydrogen-bond acceptors (Lipinski definition) is 4. The molecule has 1 aromatic carbocycles. The molecule has 1 unspecified atom stereocenters. The molecule has 1 fully saturated rings. The first kappa shape index (κ1) is 19.4. The Morgan fingerprint density at radius 2 is 1.89 bits per heavy atom. The minimum absolute atomic E-state index is 0.395. The van der Waals surface area contributed by atoms with Crippen molar-refractivity contribution in [1.82, 2.24) is 9.88 Å². The summed E-state index contributed by atoms with van der Waals surface area (Å²) in [7, 11) is 2.16. The summed E-state index contributed by atoms with van der Waals surface area (Å²) < 4.78 is 5.61. The van der Waals surface area contributed by atoms with Crippen LogP contribution in [-0.2, 0) is 4.74 Å². The van der Waals surface area contributed by atoms with Crippen LogP contribution < -0.4 is 4.90 Å². The van der Waals surface area contributed by atoms with Gasteiger partial charge in [-0.25, -0.2) is 14.7 Å². The van der Waals surface area contributed by atoms with Gasteiger partial charge in [-0.3, -0.25) is 4.90 Å². The molecule has 27 heavy (non-hydrogen) atoms. The van der Waals surface area contributed by atoms with Gasteiger partial charge in [0.2, 0.25) is 0 Å². The number of anilines is 2. The number of hydrogen-bond donors (Lipinski definition) is 0. The molecule has 5 heteroatoms. The van der Waals surface area contributed by atoms with Crippen LogP contribution in [0, 0.1) is 0 Å². The second-order valence-electron chi connectivity index (χ2n) is 8.09. The van der Waals surface area contributed by atoms with Gasteiger partial charge in [0.05, 0.1) is 5.69 Å². The number of pyridine rings is 1. The summed E-state index contributed by atoms with van der Waals surface area (Å²) in [5.74, 6) is 0.567. The predicted molar refractivity (Wildman–Crippen MR) is 108 cm³/mol. The van der Waals surface area contributed by atoms with Crippen molar-refractivity contribution < 1.29 is 9.53 Å². The quantitative estimate of drug-likeness (QED) is 0.737. The molecule has 2 heterocycles. The number of aromatic nitrogens is 1. The Labute approximate surface area is 162 Å². The van der Waals surface area contributed by atoms with Gasteiger partial charge in [0, 0.05) is 12.2 Å². The van der Waals surface area contributed by atoms with E-state index < -0.39 is 11.7 Å². The largest absolute Gasteiger partial charge is 0.443 e. The maximum Gasteiger partial charge on any atom is 0.420 e. The first-order valence-electron chi connectivity index (χ1n) is 9.59. The predicted octanol–water partition coefficient (Wildman–Crippen LogP) is 5.31. The summed E-state index contributed by atoms with van der Waals surface area (Å²) in [4.78, 5) is 21.4. The molecule has 5 nitrogen and oxygen atoms in total. The number of nitrogens with zero attached hydrogens (tertiary/aromatic N) is 3. The van der Waals surface area contributed by atoms with Crippen LogP contribution in [0.3, 0.4) is 0 Å². The van der Waals surface area contributed by atoms with Gasteiger partial charge in [0.15, 0.2) is 0 Å². The first-order chi connectivity index (χ1) is 12.8. The van der Waals surface area contributed by atoms with Crippen LogP contribution in [-0.4, -0.2) is 35.2 Å². The third-order valence-corrected chi connectivity index (χ3v) is 4.75. The van der Waals surface area contributed by atoms with Crippen LogP contribution in [0.25, 0.3) is 0 Å². The lowest BCUT2D eigenvalue weighted by molar-refractivity contribution is 0.0598. The fourth-order valence-electron chi connectivity index (χ4n) is 3.44. The van der Waals surface area contributed by atoms with Gasteiger partial charge < -0.3 is 4.74 Å². The van der Waals surface area contributed by atoms with Crippen LogP contribution in [0.15, 0.2) is 48.7 Å². The Morgan fingerprint density at radius 1 is 1.15 bits per heavy atom. The maximum absolute atomic E-state index is 12.9. The van der Waals surface area contributed by atoms with Crippen LogP contribution in [0.4, 0.5) is 16.3 Å². The lowest BCUT2D eigenvalue weighted by Gasteiger charge is -2.33. The molecule has 144 valence electrons. The zero-order valence-corrected chi connectivity index (χ0v) is 16.7. The Morgan fingerprint density at radius 3 is 2.48 bits per heavy atom. The summed E-state index contributed by atoms with van der Waals surface area (Å²) >= 11 is 0. The van der Waals surface area contributed by atoms with E-state index in [-0.39, 0.29) is 0 Å². The van der Waals surface area contributed by atoms with Crippen molar-refractivity contribution in [3.8, 4) is 0 Å².